The van der Waals surface area contributed by atoms with Crippen molar-refractivity contribution in [2.75, 3.05) is 0 Å². The summed E-state index contributed by atoms with van der Waals surface area (Å²) in [6, 6.07) is 6.98. The molecular formula is C6H5BIOP. The molecule has 1 N–H and O–H groups in total. The van der Waals surface area contributed by atoms with Crippen LogP contribution in [0.3, 0.4) is 0 Å². The summed E-state index contributed by atoms with van der Waals surface area (Å²) >= 11 is 2.18. The van der Waals surface area contributed by atoms with E-state index in [9.17, 15) is 0 Å². The van der Waals surface area contributed by atoms with Crippen molar-refractivity contribution in [1.82, 2.24) is 0 Å². The molecule has 10 heavy (non-hydrogen) atoms. The normalized spacial score (nSPS) is 11.3. The van der Waals surface area contributed by atoms with Gasteiger partial charge in [-0.15, -0.1) is 0 Å². The van der Waals surface area contributed by atoms with Crippen LogP contribution >= 0.6 is 26.9 Å². The maximum absolute atomic E-state index is 8.90. The predicted octanol–water partition coefficient (Wildman–Crippen LogP) is 1.93. The van der Waals surface area contributed by atoms with E-state index in [0.29, 0.717) is 0 Å². The van der Waals surface area contributed by atoms with Crippen molar-refractivity contribution in [3.63, 3.8) is 0 Å². The van der Waals surface area contributed by atoms with Crippen molar-refractivity contribution < 1.29 is 5.11 Å². The van der Waals surface area contributed by atoms with Gasteiger partial charge in [0.15, 0.2) is 0 Å². The standard InChI is InChI=1S/C6H5BIOP/c7-10(8)6-3-1-5(9)2-4-6/h1-4,9H. The molecule has 1 rings (SSSR count). The Hall–Kier alpha value is 0.115. The molecule has 50 valence electrons. The van der Waals surface area contributed by atoms with Gasteiger partial charge in [-0.25, -0.2) is 0 Å². The van der Waals surface area contributed by atoms with Crippen molar-refractivity contribution >= 4 is 39.2 Å². The summed E-state index contributed by atoms with van der Waals surface area (Å²) in [4.78, 5) is -0.549. The van der Waals surface area contributed by atoms with Gasteiger partial charge in [0.05, 0.1) is 0 Å². The van der Waals surface area contributed by atoms with Crippen molar-refractivity contribution in [2.45, 2.75) is 0 Å². The molecule has 0 bridgehead atoms. The Balaban J connectivity index is 3.04. The van der Waals surface area contributed by atoms with Crippen LogP contribution in [0.5, 0.6) is 5.75 Å². The molecule has 0 aliphatic heterocycles. The van der Waals surface area contributed by atoms with Crippen LogP contribution in [0.15, 0.2) is 24.3 Å². The van der Waals surface area contributed by atoms with E-state index in [1.807, 2.05) is 12.1 Å². The molecule has 0 radical (unpaired) electrons. The summed E-state index contributed by atoms with van der Waals surface area (Å²) in [6.07, 6.45) is 0. The van der Waals surface area contributed by atoms with Crippen LogP contribution in [0.25, 0.3) is 0 Å². The molecule has 0 aliphatic carbocycles. The average molecular weight is 262 g/mol. The Bertz CT molecular complexity index is 287. The van der Waals surface area contributed by atoms with E-state index in [1.165, 1.54) is 0 Å². The fourth-order valence-corrected chi connectivity index (χ4v) is 1.99. The molecule has 1 aromatic rings. The van der Waals surface area contributed by atoms with Gasteiger partial charge < -0.3 is 0 Å². The fraction of sp³-hybridized carbons (Fsp3) is 0. The van der Waals surface area contributed by atoms with Crippen molar-refractivity contribution in [3.05, 3.63) is 24.3 Å². The van der Waals surface area contributed by atoms with Gasteiger partial charge in [0.1, 0.15) is 0 Å². The Morgan fingerprint density at radius 1 is 1.30 bits per heavy atom. The van der Waals surface area contributed by atoms with Crippen LogP contribution in [0, 0.1) is 0 Å². The number of phenolic OH excluding ortho intramolecular Hbond substituents is 1. The molecule has 0 saturated carbocycles. The molecule has 1 unspecified atom stereocenters. The number of aromatic hydroxyl groups is 1. The Kier molecular flexibility index (Phi) is 2.87. The van der Waals surface area contributed by atoms with Gasteiger partial charge in [0.25, 0.3) is 0 Å². The maximum atomic E-state index is 8.90. The summed E-state index contributed by atoms with van der Waals surface area (Å²) in [5, 5.41) is 9.99. The van der Waals surface area contributed by atoms with Gasteiger partial charge in [-0.3, -0.25) is 0 Å². The number of phenols is 1. The second-order valence-corrected chi connectivity index (χ2v) is 6.08. The third-order valence-corrected chi connectivity index (χ3v) is 3.56. The second-order valence-electron chi connectivity index (χ2n) is 1.83. The van der Waals surface area contributed by atoms with E-state index < -0.39 is 4.88 Å². The number of hydrogen-bond donors (Lipinski definition) is 1. The van der Waals surface area contributed by atoms with Crippen molar-refractivity contribution in [3.8, 4) is 5.75 Å². The molecule has 1 atom stereocenters. The van der Waals surface area contributed by atoms with Crippen molar-refractivity contribution in [2.24, 2.45) is 0 Å². The first-order chi connectivity index (χ1) is 4.70. The third kappa shape index (κ3) is 2.06. The van der Waals surface area contributed by atoms with E-state index in [4.69, 9.17) is 12.1 Å². The number of halogens is 1. The summed E-state index contributed by atoms with van der Waals surface area (Å²) in [5.74, 6) is 0.289. The van der Waals surface area contributed by atoms with Gasteiger partial charge in [0.2, 0.25) is 0 Å². The van der Waals surface area contributed by atoms with Crippen LogP contribution in [0.2, 0.25) is 0 Å². The molecule has 0 aliphatic rings. The molecule has 1 nitrogen and oxygen atoms in total. The SMILES string of the molecule is B#P(I)c1ccc(O)cc1. The minimum atomic E-state index is -0.549. The molecule has 0 fully saturated rings. The topological polar surface area (TPSA) is 20.2 Å². The van der Waals surface area contributed by atoms with E-state index in [0.717, 1.165) is 5.30 Å². The average Bonchev–Trinajstić information content (AvgIpc) is 1.88. The van der Waals surface area contributed by atoms with E-state index in [1.54, 1.807) is 12.1 Å². The number of benzene rings is 1. The zero-order valence-electron chi connectivity index (χ0n) is 5.16. The summed E-state index contributed by atoms with van der Waals surface area (Å²) in [6.45, 7) is 0. The van der Waals surface area contributed by atoms with Gasteiger partial charge >= 0.3 is 74.4 Å². The molecule has 0 spiro atoms. The summed E-state index contributed by atoms with van der Waals surface area (Å²) in [5.41, 5.74) is 0. The fourth-order valence-electron chi connectivity index (χ4n) is 0.595. The Morgan fingerprint density at radius 2 is 1.80 bits per heavy atom. The predicted molar refractivity (Wildman–Crippen MR) is 54.4 cm³/mol. The minimum absolute atomic E-state index is 0.289. The van der Waals surface area contributed by atoms with Crippen molar-refractivity contribution in [1.29, 1.82) is 0 Å². The first-order valence-corrected chi connectivity index (χ1v) is 6.89. The molecule has 0 aromatic heterocycles. The quantitative estimate of drug-likeness (QED) is 0.430. The monoisotopic (exact) mass is 262 g/mol. The van der Waals surface area contributed by atoms with Gasteiger partial charge in [-0.1, -0.05) is 0 Å². The zero-order valence-corrected chi connectivity index (χ0v) is 8.21. The Morgan fingerprint density at radius 3 is 2.20 bits per heavy atom. The van der Waals surface area contributed by atoms with Crippen LogP contribution in [-0.4, -0.2) is 12.1 Å². The molecule has 1 aromatic carbocycles. The molecule has 4 heteroatoms. The van der Waals surface area contributed by atoms with Gasteiger partial charge in [-0.2, -0.15) is 0 Å². The summed E-state index contributed by atoms with van der Waals surface area (Å²) in [7, 11) is 5.63. The van der Waals surface area contributed by atoms with E-state index >= 15 is 0 Å². The number of rotatable bonds is 0. The van der Waals surface area contributed by atoms with Gasteiger partial charge in [-0.05, 0) is 0 Å². The molecule has 0 amide bonds. The first-order valence-electron chi connectivity index (χ1n) is 2.70. The Labute approximate surface area is 74.3 Å². The van der Waals surface area contributed by atoms with Crippen LogP contribution in [-0.2, 0) is 0 Å². The van der Waals surface area contributed by atoms with Crippen LogP contribution < -0.4 is 5.30 Å². The van der Waals surface area contributed by atoms with Crippen LogP contribution in [0.1, 0.15) is 0 Å². The van der Waals surface area contributed by atoms with Crippen LogP contribution in [0.4, 0.5) is 0 Å². The first kappa shape index (κ1) is 8.21. The third-order valence-electron chi connectivity index (χ3n) is 1.10. The molecular weight excluding hydrogens is 257 g/mol. The molecule has 0 heterocycles. The molecule has 0 saturated heterocycles. The summed E-state index contributed by atoms with van der Waals surface area (Å²) < 4.78 is 0. The van der Waals surface area contributed by atoms with E-state index in [2.05, 4.69) is 22.0 Å². The van der Waals surface area contributed by atoms with Gasteiger partial charge in [0, 0.05) is 0 Å². The zero-order chi connectivity index (χ0) is 7.56. The number of hydrogen-bond acceptors (Lipinski definition) is 1. The van der Waals surface area contributed by atoms with E-state index in [-0.39, 0.29) is 5.75 Å². The second kappa shape index (κ2) is 3.49.